The second-order valence-corrected chi connectivity index (χ2v) is 9.20. The number of para-hydroxylation sites is 1. The Morgan fingerprint density at radius 3 is 2.61 bits per heavy atom. The van der Waals surface area contributed by atoms with E-state index in [4.69, 9.17) is 8.90 Å². The Kier molecular flexibility index (Phi) is 6.11. The first-order chi connectivity index (χ1) is 16.1. The molecule has 0 bridgehead atoms. The quantitative estimate of drug-likeness (QED) is 0.455. The molecular weight excluding hydrogens is 434 g/mol. The van der Waals surface area contributed by atoms with Gasteiger partial charge in [-0.05, 0) is 55.6 Å². The highest BCUT2D eigenvalue weighted by molar-refractivity contribution is 7.13. The molecule has 1 saturated heterocycles. The number of hydrogen-bond acceptors (Lipinski definition) is 7. The number of hydrogen-bond donors (Lipinski definition) is 1. The molecule has 8 heteroatoms. The summed E-state index contributed by atoms with van der Waals surface area (Å²) in [7, 11) is 0. The van der Waals surface area contributed by atoms with Crippen molar-refractivity contribution in [3.63, 3.8) is 0 Å². The van der Waals surface area contributed by atoms with Gasteiger partial charge in [0.15, 0.2) is 0 Å². The Morgan fingerprint density at radius 2 is 1.82 bits per heavy atom. The summed E-state index contributed by atoms with van der Waals surface area (Å²) in [6.45, 7) is 8.43. The second-order valence-electron chi connectivity index (χ2n) is 8.39. The largest absolute Gasteiger partial charge is 0.361 e. The zero-order chi connectivity index (χ0) is 22.8. The first-order valence-electron chi connectivity index (χ1n) is 11.2. The molecule has 1 aliphatic heterocycles. The smallest absolute Gasteiger partial charge is 0.261 e. The number of carbonyl (C=O) groups excluding carboxylic acids is 1. The highest BCUT2D eigenvalue weighted by atomic mass is 32.1. The standard InChI is InChI=1S/C25H27N5O2S/c1-17-23(18(2)32-27-17)25(31)26-21-9-5-3-7-19(21)11-12-29-13-15-30(16-14-29)24-20-8-4-6-10-22(20)33-28-24/h3-10H,11-16H2,1-2H3,(H,26,31). The number of fused-ring (bicyclic) bond motifs is 1. The van der Waals surface area contributed by atoms with E-state index in [1.807, 2.05) is 18.2 Å². The molecule has 2 aromatic carbocycles. The van der Waals surface area contributed by atoms with E-state index in [1.54, 1.807) is 25.4 Å². The fraction of sp³-hybridized carbons (Fsp3) is 0.320. The molecule has 4 aromatic rings. The third-order valence-corrected chi connectivity index (χ3v) is 7.07. The van der Waals surface area contributed by atoms with Gasteiger partial charge in [0.1, 0.15) is 17.1 Å². The van der Waals surface area contributed by atoms with E-state index in [2.05, 4.69) is 50.6 Å². The van der Waals surface area contributed by atoms with E-state index in [1.165, 1.54) is 10.1 Å². The summed E-state index contributed by atoms with van der Waals surface area (Å²) in [5, 5.41) is 8.19. The third-order valence-electron chi connectivity index (χ3n) is 6.25. The predicted molar refractivity (Wildman–Crippen MR) is 132 cm³/mol. The van der Waals surface area contributed by atoms with Crippen LogP contribution in [0.4, 0.5) is 11.5 Å². The molecule has 0 unspecified atom stereocenters. The van der Waals surface area contributed by atoms with Crippen LogP contribution in [0.1, 0.15) is 27.4 Å². The second kappa shape index (κ2) is 9.33. The molecular formula is C25H27N5O2S. The lowest BCUT2D eigenvalue weighted by Crippen LogP contribution is -2.47. The molecule has 0 aliphatic carbocycles. The Hall–Kier alpha value is -3.23. The number of aryl methyl sites for hydroxylation is 2. The molecule has 170 valence electrons. The number of benzene rings is 2. The Morgan fingerprint density at radius 1 is 1.06 bits per heavy atom. The number of nitrogens with one attached hydrogen (secondary N) is 1. The van der Waals surface area contributed by atoms with E-state index < -0.39 is 0 Å². The third kappa shape index (κ3) is 4.49. The lowest BCUT2D eigenvalue weighted by molar-refractivity contribution is 0.102. The van der Waals surface area contributed by atoms with Crippen LogP contribution in [0.2, 0.25) is 0 Å². The number of aromatic nitrogens is 2. The van der Waals surface area contributed by atoms with Crippen molar-refractivity contribution in [2.24, 2.45) is 0 Å². The van der Waals surface area contributed by atoms with Gasteiger partial charge in [-0.1, -0.05) is 35.5 Å². The summed E-state index contributed by atoms with van der Waals surface area (Å²) in [6, 6.07) is 16.4. The van der Waals surface area contributed by atoms with E-state index >= 15 is 0 Å². The van der Waals surface area contributed by atoms with Gasteiger partial charge in [0, 0.05) is 43.8 Å². The molecule has 5 rings (SSSR count). The van der Waals surface area contributed by atoms with Gasteiger partial charge in [-0.25, -0.2) is 0 Å². The van der Waals surface area contributed by atoms with E-state index in [0.717, 1.165) is 56.2 Å². The SMILES string of the molecule is Cc1noc(C)c1C(=O)Nc1ccccc1CCN1CCN(c2nsc3ccccc23)CC1. The lowest BCUT2D eigenvalue weighted by Gasteiger charge is -2.35. The van der Waals surface area contributed by atoms with Crippen LogP contribution in [0.5, 0.6) is 0 Å². The maximum absolute atomic E-state index is 12.8. The van der Waals surface area contributed by atoms with Gasteiger partial charge in [0.05, 0.1) is 10.4 Å². The summed E-state index contributed by atoms with van der Waals surface area (Å²) >= 11 is 1.57. The monoisotopic (exact) mass is 461 g/mol. The predicted octanol–water partition coefficient (Wildman–Crippen LogP) is 4.52. The van der Waals surface area contributed by atoms with Crippen LogP contribution in [-0.2, 0) is 6.42 Å². The molecule has 7 nitrogen and oxygen atoms in total. The van der Waals surface area contributed by atoms with Crippen molar-refractivity contribution < 1.29 is 9.32 Å². The van der Waals surface area contributed by atoms with Gasteiger partial charge in [0.25, 0.3) is 5.91 Å². The zero-order valence-electron chi connectivity index (χ0n) is 18.9. The van der Waals surface area contributed by atoms with Crippen LogP contribution >= 0.6 is 11.5 Å². The van der Waals surface area contributed by atoms with Crippen LogP contribution in [-0.4, -0.2) is 53.1 Å². The van der Waals surface area contributed by atoms with Crippen molar-refractivity contribution in [2.45, 2.75) is 20.3 Å². The number of amides is 1. The van der Waals surface area contributed by atoms with Crippen molar-refractivity contribution in [2.75, 3.05) is 42.9 Å². The first-order valence-corrected chi connectivity index (χ1v) is 12.0. The molecule has 0 radical (unpaired) electrons. The van der Waals surface area contributed by atoms with E-state index in [0.29, 0.717) is 17.0 Å². The number of anilines is 2. The molecule has 3 heterocycles. The average molecular weight is 462 g/mol. The van der Waals surface area contributed by atoms with E-state index in [-0.39, 0.29) is 5.91 Å². The van der Waals surface area contributed by atoms with Crippen LogP contribution in [0.15, 0.2) is 53.1 Å². The van der Waals surface area contributed by atoms with Crippen LogP contribution in [0.3, 0.4) is 0 Å². The molecule has 0 atom stereocenters. The minimum Gasteiger partial charge on any atom is -0.361 e. The Balaban J connectivity index is 1.19. The number of piperazine rings is 1. The van der Waals surface area contributed by atoms with Crippen molar-refractivity contribution in [3.05, 3.63) is 71.1 Å². The average Bonchev–Trinajstić information content (AvgIpc) is 3.41. The van der Waals surface area contributed by atoms with Crippen molar-refractivity contribution in [1.82, 2.24) is 14.4 Å². The Labute approximate surface area is 197 Å². The molecule has 0 saturated carbocycles. The van der Waals surface area contributed by atoms with Gasteiger partial charge in [-0.15, -0.1) is 0 Å². The number of nitrogens with zero attached hydrogens (tertiary/aromatic N) is 4. The van der Waals surface area contributed by atoms with Gasteiger partial charge in [0.2, 0.25) is 0 Å². The molecule has 0 spiro atoms. The maximum atomic E-state index is 12.8. The summed E-state index contributed by atoms with van der Waals surface area (Å²) in [6.07, 6.45) is 0.873. The summed E-state index contributed by atoms with van der Waals surface area (Å²) in [5.41, 5.74) is 3.09. The zero-order valence-corrected chi connectivity index (χ0v) is 19.7. The number of rotatable bonds is 6. The fourth-order valence-electron chi connectivity index (χ4n) is 4.41. The number of carbonyl (C=O) groups is 1. The fourth-order valence-corrected chi connectivity index (χ4v) is 5.21. The molecule has 1 aliphatic rings. The molecule has 1 fully saturated rings. The van der Waals surface area contributed by atoms with Crippen molar-refractivity contribution >= 4 is 39.0 Å². The minimum absolute atomic E-state index is 0.178. The Bertz CT molecular complexity index is 1250. The van der Waals surface area contributed by atoms with Crippen molar-refractivity contribution in [1.29, 1.82) is 0 Å². The minimum atomic E-state index is -0.178. The van der Waals surface area contributed by atoms with Crippen LogP contribution < -0.4 is 10.2 Å². The highest BCUT2D eigenvalue weighted by Gasteiger charge is 2.22. The van der Waals surface area contributed by atoms with Crippen molar-refractivity contribution in [3.8, 4) is 0 Å². The maximum Gasteiger partial charge on any atom is 0.261 e. The van der Waals surface area contributed by atoms with Crippen LogP contribution in [0.25, 0.3) is 10.1 Å². The highest BCUT2D eigenvalue weighted by Crippen LogP contribution is 2.30. The lowest BCUT2D eigenvalue weighted by atomic mass is 10.1. The van der Waals surface area contributed by atoms with E-state index in [9.17, 15) is 4.79 Å². The van der Waals surface area contributed by atoms with Gasteiger partial charge < -0.3 is 14.7 Å². The molecule has 1 N–H and O–H groups in total. The molecule has 2 aromatic heterocycles. The van der Waals surface area contributed by atoms with Gasteiger partial charge in [-0.2, -0.15) is 4.37 Å². The van der Waals surface area contributed by atoms with Gasteiger partial charge >= 0.3 is 0 Å². The normalized spacial score (nSPS) is 14.7. The summed E-state index contributed by atoms with van der Waals surface area (Å²) in [4.78, 5) is 17.7. The molecule has 33 heavy (non-hydrogen) atoms. The summed E-state index contributed by atoms with van der Waals surface area (Å²) in [5.74, 6) is 1.47. The van der Waals surface area contributed by atoms with Crippen LogP contribution in [0, 0.1) is 13.8 Å². The van der Waals surface area contributed by atoms with Gasteiger partial charge in [-0.3, -0.25) is 9.69 Å². The molecule has 1 amide bonds. The topological polar surface area (TPSA) is 74.5 Å². The first kappa shape index (κ1) is 21.6. The summed E-state index contributed by atoms with van der Waals surface area (Å²) < 4.78 is 11.1.